The molecule has 0 saturated heterocycles. The van der Waals surface area contributed by atoms with Crippen LogP contribution in [0.3, 0.4) is 0 Å². The molecule has 0 saturated carbocycles. The van der Waals surface area contributed by atoms with Crippen LogP contribution in [0.5, 0.6) is 5.75 Å². The largest absolute Gasteiger partial charge is 0.506 e. The molecule has 144 valence electrons. The quantitative estimate of drug-likeness (QED) is 0.394. The van der Waals surface area contributed by atoms with Crippen LogP contribution in [-0.4, -0.2) is 27.0 Å². The van der Waals surface area contributed by atoms with Gasteiger partial charge < -0.3 is 5.11 Å². The molecule has 0 radical (unpaired) electrons. The third-order valence-corrected chi connectivity index (χ3v) is 5.28. The summed E-state index contributed by atoms with van der Waals surface area (Å²) < 4.78 is 3.00. The van der Waals surface area contributed by atoms with E-state index in [-0.39, 0.29) is 11.7 Å². The molecule has 1 amide bonds. The molecule has 1 heterocycles. The van der Waals surface area contributed by atoms with Gasteiger partial charge in [0.25, 0.3) is 5.91 Å². The number of halogens is 2. The van der Waals surface area contributed by atoms with E-state index in [0.29, 0.717) is 21.1 Å². The molecular formula is C20H18Br2N4O2. The van der Waals surface area contributed by atoms with Crippen LogP contribution in [0.15, 0.2) is 56.5 Å². The summed E-state index contributed by atoms with van der Waals surface area (Å²) in [5, 5.41) is 18.1. The van der Waals surface area contributed by atoms with Crippen molar-refractivity contribution in [3.63, 3.8) is 0 Å². The minimum Gasteiger partial charge on any atom is -0.506 e. The van der Waals surface area contributed by atoms with E-state index in [2.05, 4.69) is 47.5 Å². The molecule has 0 aliphatic heterocycles. The highest BCUT2D eigenvalue weighted by molar-refractivity contribution is 9.11. The molecule has 3 rings (SSSR count). The molecule has 2 aromatic carbocycles. The van der Waals surface area contributed by atoms with Crippen LogP contribution in [0.4, 0.5) is 0 Å². The number of hydrogen-bond acceptors (Lipinski definition) is 4. The number of hydrogen-bond donors (Lipinski definition) is 2. The topological polar surface area (TPSA) is 79.5 Å². The molecule has 0 atom stereocenters. The van der Waals surface area contributed by atoms with Crippen LogP contribution in [0.1, 0.15) is 32.9 Å². The van der Waals surface area contributed by atoms with Gasteiger partial charge in [0.15, 0.2) is 0 Å². The number of benzene rings is 2. The number of nitrogens with zero attached hydrogens (tertiary/aromatic N) is 3. The van der Waals surface area contributed by atoms with E-state index in [9.17, 15) is 9.90 Å². The van der Waals surface area contributed by atoms with Crippen molar-refractivity contribution in [3.8, 4) is 5.75 Å². The number of phenolic OH excluding ortho intramolecular Hbond substituents is 1. The molecule has 0 unspecified atom stereocenters. The third-order valence-electron chi connectivity index (χ3n) is 4.07. The Morgan fingerprint density at radius 2 is 1.82 bits per heavy atom. The Balaban J connectivity index is 1.62. The fourth-order valence-electron chi connectivity index (χ4n) is 2.66. The second-order valence-electron chi connectivity index (χ2n) is 6.31. The first-order chi connectivity index (χ1) is 13.3. The number of aromatic nitrogens is 2. The van der Waals surface area contributed by atoms with Crippen LogP contribution >= 0.6 is 31.9 Å². The van der Waals surface area contributed by atoms with E-state index in [1.807, 2.05) is 36.7 Å². The second kappa shape index (κ2) is 8.70. The molecular weight excluding hydrogens is 488 g/mol. The monoisotopic (exact) mass is 504 g/mol. The van der Waals surface area contributed by atoms with E-state index >= 15 is 0 Å². The Morgan fingerprint density at radius 3 is 2.39 bits per heavy atom. The van der Waals surface area contributed by atoms with Gasteiger partial charge in [0.05, 0.1) is 27.4 Å². The summed E-state index contributed by atoms with van der Waals surface area (Å²) in [6.07, 6.45) is 1.50. The molecule has 0 fully saturated rings. The maximum Gasteiger partial charge on any atom is 0.271 e. The minimum atomic E-state index is -0.300. The van der Waals surface area contributed by atoms with E-state index in [0.717, 1.165) is 22.5 Å². The predicted octanol–water partition coefficient (Wildman–Crippen LogP) is 4.54. The number of aromatic hydroxyl groups is 1. The molecule has 3 aromatic rings. The summed E-state index contributed by atoms with van der Waals surface area (Å²) in [6, 6.07) is 12.8. The van der Waals surface area contributed by atoms with E-state index in [4.69, 9.17) is 0 Å². The highest BCUT2D eigenvalue weighted by Crippen LogP contribution is 2.32. The minimum absolute atomic E-state index is 0.113. The van der Waals surface area contributed by atoms with Gasteiger partial charge in [-0.25, -0.2) is 5.43 Å². The number of nitrogens with one attached hydrogen (secondary N) is 1. The van der Waals surface area contributed by atoms with Gasteiger partial charge in [-0.2, -0.15) is 10.2 Å². The first-order valence-corrected chi connectivity index (χ1v) is 10.0. The number of rotatable bonds is 5. The number of carbonyl (C=O) groups is 1. The van der Waals surface area contributed by atoms with Gasteiger partial charge in [0.2, 0.25) is 0 Å². The lowest BCUT2D eigenvalue weighted by molar-refractivity contribution is 0.0955. The summed E-state index contributed by atoms with van der Waals surface area (Å²) in [5.74, 6) is -0.187. The number of phenols is 1. The summed E-state index contributed by atoms with van der Waals surface area (Å²) >= 11 is 6.51. The molecule has 6 nitrogen and oxygen atoms in total. The van der Waals surface area contributed by atoms with Gasteiger partial charge in [-0.1, -0.05) is 12.1 Å². The van der Waals surface area contributed by atoms with Gasteiger partial charge in [0, 0.05) is 11.3 Å². The lowest BCUT2D eigenvalue weighted by atomic mass is 10.1. The fraction of sp³-hybridized carbons (Fsp3) is 0.150. The van der Waals surface area contributed by atoms with Crippen molar-refractivity contribution in [1.82, 2.24) is 15.2 Å². The predicted molar refractivity (Wildman–Crippen MR) is 116 cm³/mol. The Morgan fingerprint density at radius 1 is 1.18 bits per heavy atom. The van der Waals surface area contributed by atoms with Crippen molar-refractivity contribution >= 4 is 44.0 Å². The number of hydrazone groups is 1. The zero-order valence-corrected chi connectivity index (χ0v) is 18.5. The van der Waals surface area contributed by atoms with Crippen molar-refractivity contribution in [1.29, 1.82) is 0 Å². The normalized spacial score (nSPS) is 11.1. The molecule has 28 heavy (non-hydrogen) atoms. The average Bonchev–Trinajstić information content (AvgIpc) is 2.97. The fourth-order valence-corrected chi connectivity index (χ4v) is 3.88. The van der Waals surface area contributed by atoms with Crippen LogP contribution in [0, 0.1) is 13.8 Å². The zero-order valence-electron chi connectivity index (χ0n) is 15.3. The van der Waals surface area contributed by atoms with Crippen molar-refractivity contribution in [3.05, 3.63) is 79.5 Å². The standard InChI is InChI=1S/C20H18Br2N4O2/c1-12-7-13(2)26(25-12)11-14-3-5-16(6-4-14)20(28)24-23-10-15-8-17(21)19(27)18(22)9-15/h3-10,27H,11H2,1-2H3,(H,24,28)/b23-10+. The van der Waals surface area contributed by atoms with E-state index in [1.165, 1.54) is 6.21 Å². The summed E-state index contributed by atoms with van der Waals surface area (Å²) in [6.45, 7) is 4.64. The SMILES string of the molecule is Cc1cc(C)n(Cc2ccc(C(=O)N/N=C/c3cc(Br)c(O)c(Br)c3)cc2)n1. The van der Waals surface area contributed by atoms with Gasteiger partial charge in [-0.3, -0.25) is 9.48 Å². The van der Waals surface area contributed by atoms with Crippen molar-refractivity contribution < 1.29 is 9.90 Å². The van der Waals surface area contributed by atoms with Gasteiger partial charge in [0.1, 0.15) is 5.75 Å². The van der Waals surface area contributed by atoms with Gasteiger partial charge >= 0.3 is 0 Å². The Hall–Kier alpha value is -2.45. The maximum absolute atomic E-state index is 12.2. The maximum atomic E-state index is 12.2. The van der Waals surface area contributed by atoms with Crippen molar-refractivity contribution in [2.45, 2.75) is 20.4 Å². The van der Waals surface area contributed by atoms with Gasteiger partial charge in [-0.05, 0) is 87.2 Å². The Labute approximate surface area is 179 Å². The summed E-state index contributed by atoms with van der Waals surface area (Å²) in [7, 11) is 0. The van der Waals surface area contributed by atoms with E-state index < -0.39 is 0 Å². The van der Waals surface area contributed by atoms with Gasteiger partial charge in [-0.15, -0.1) is 0 Å². The second-order valence-corrected chi connectivity index (χ2v) is 8.02. The highest BCUT2D eigenvalue weighted by Gasteiger charge is 2.07. The lowest BCUT2D eigenvalue weighted by Gasteiger charge is -2.06. The lowest BCUT2D eigenvalue weighted by Crippen LogP contribution is -2.17. The first kappa shape index (κ1) is 20.3. The Bertz CT molecular complexity index is 1020. The average molecular weight is 506 g/mol. The van der Waals surface area contributed by atoms with E-state index in [1.54, 1.807) is 24.3 Å². The molecule has 0 aliphatic carbocycles. The molecule has 0 spiro atoms. The third kappa shape index (κ3) is 4.88. The van der Waals surface area contributed by atoms with Crippen LogP contribution in [-0.2, 0) is 6.54 Å². The smallest absolute Gasteiger partial charge is 0.271 e. The van der Waals surface area contributed by atoms with Crippen LogP contribution < -0.4 is 5.43 Å². The molecule has 0 bridgehead atoms. The van der Waals surface area contributed by atoms with Crippen LogP contribution in [0.2, 0.25) is 0 Å². The highest BCUT2D eigenvalue weighted by atomic mass is 79.9. The van der Waals surface area contributed by atoms with Crippen molar-refractivity contribution in [2.24, 2.45) is 5.10 Å². The first-order valence-electron chi connectivity index (χ1n) is 8.45. The van der Waals surface area contributed by atoms with Crippen molar-refractivity contribution in [2.75, 3.05) is 0 Å². The number of aryl methyl sites for hydroxylation is 2. The molecule has 1 aromatic heterocycles. The molecule has 2 N–H and O–H groups in total. The number of carbonyl (C=O) groups excluding carboxylic acids is 1. The molecule has 0 aliphatic rings. The summed E-state index contributed by atoms with van der Waals surface area (Å²) in [4.78, 5) is 12.2. The Kier molecular flexibility index (Phi) is 6.31. The zero-order chi connectivity index (χ0) is 20.3. The molecule has 8 heteroatoms. The number of amides is 1. The summed E-state index contributed by atoms with van der Waals surface area (Å²) in [5.41, 5.74) is 6.88. The van der Waals surface area contributed by atoms with Crippen LogP contribution in [0.25, 0.3) is 0 Å².